The van der Waals surface area contributed by atoms with Crippen LogP contribution in [0.15, 0.2) is 22.7 Å². The van der Waals surface area contributed by atoms with Crippen LogP contribution in [0.25, 0.3) is 0 Å². The van der Waals surface area contributed by atoms with E-state index in [4.69, 9.17) is 4.74 Å². The molecule has 0 radical (unpaired) electrons. The van der Waals surface area contributed by atoms with Gasteiger partial charge in [0.05, 0.1) is 17.2 Å². The second-order valence-electron chi connectivity index (χ2n) is 5.65. The first-order valence-electron chi connectivity index (χ1n) is 7.39. The summed E-state index contributed by atoms with van der Waals surface area (Å²) in [6.07, 6.45) is 3.49. The number of ether oxygens (including phenoxy) is 1. The summed E-state index contributed by atoms with van der Waals surface area (Å²) < 4.78 is 19.5. The van der Waals surface area contributed by atoms with Crippen molar-refractivity contribution in [3.05, 3.63) is 34.1 Å². The highest BCUT2D eigenvalue weighted by Gasteiger charge is 2.29. The van der Waals surface area contributed by atoms with Crippen LogP contribution in [-0.4, -0.2) is 25.3 Å². The van der Waals surface area contributed by atoms with Gasteiger partial charge in [-0.15, -0.1) is 0 Å². The molecule has 1 aromatic carbocycles. The van der Waals surface area contributed by atoms with Crippen LogP contribution in [0.1, 0.15) is 32.3 Å². The van der Waals surface area contributed by atoms with Gasteiger partial charge in [0.1, 0.15) is 5.82 Å². The van der Waals surface area contributed by atoms with E-state index in [2.05, 4.69) is 35.1 Å². The number of rotatable bonds is 6. The van der Waals surface area contributed by atoms with E-state index in [1.165, 1.54) is 6.07 Å². The Bertz CT molecular complexity index is 440. The van der Waals surface area contributed by atoms with Gasteiger partial charge in [-0.1, -0.05) is 13.0 Å². The second-order valence-corrected chi connectivity index (χ2v) is 6.51. The predicted octanol–water partition coefficient (Wildman–Crippen LogP) is 3.92. The first-order valence-corrected chi connectivity index (χ1v) is 8.18. The zero-order valence-corrected chi connectivity index (χ0v) is 13.7. The summed E-state index contributed by atoms with van der Waals surface area (Å²) in [7, 11) is 0. The summed E-state index contributed by atoms with van der Waals surface area (Å²) in [5, 5.41) is 3.63. The van der Waals surface area contributed by atoms with Crippen molar-refractivity contribution in [1.82, 2.24) is 5.32 Å². The summed E-state index contributed by atoms with van der Waals surface area (Å²) in [5.41, 5.74) is 1.16. The SMILES string of the molecule is CCCNC(Cc1ccc(F)c(Br)c1)C1COC(C)C1. The molecule has 3 atom stereocenters. The highest BCUT2D eigenvalue weighted by Crippen LogP contribution is 2.25. The maximum Gasteiger partial charge on any atom is 0.137 e. The van der Waals surface area contributed by atoms with E-state index in [1.807, 2.05) is 12.1 Å². The molecule has 0 spiro atoms. The lowest BCUT2D eigenvalue weighted by molar-refractivity contribution is 0.117. The van der Waals surface area contributed by atoms with Gasteiger partial charge < -0.3 is 10.1 Å². The third kappa shape index (κ3) is 4.27. The molecule has 1 aromatic rings. The topological polar surface area (TPSA) is 21.3 Å². The fraction of sp³-hybridized carbons (Fsp3) is 0.625. The maximum absolute atomic E-state index is 13.3. The van der Waals surface area contributed by atoms with Gasteiger partial charge in [-0.25, -0.2) is 4.39 Å². The predicted molar refractivity (Wildman–Crippen MR) is 83.4 cm³/mol. The molecule has 3 unspecified atom stereocenters. The fourth-order valence-corrected chi connectivity index (χ4v) is 3.21. The van der Waals surface area contributed by atoms with Crippen LogP contribution < -0.4 is 5.32 Å². The van der Waals surface area contributed by atoms with Crippen molar-refractivity contribution >= 4 is 15.9 Å². The number of hydrogen-bond acceptors (Lipinski definition) is 2. The van der Waals surface area contributed by atoms with E-state index in [0.717, 1.165) is 38.0 Å². The summed E-state index contributed by atoms with van der Waals surface area (Å²) in [6, 6.07) is 5.69. The lowest BCUT2D eigenvalue weighted by atomic mass is 9.91. The minimum absolute atomic E-state index is 0.204. The van der Waals surface area contributed by atoms with Crippen molar-refractivity contribution in [1.29, 1.82) is 0 Å². The number of nitrogens with one attached hydrogen (secondary N) is 1. The molecule has 4 heteroatoms. The highest BCUT2D eigenvalue weighted by molar-refractivity contribution is 9.10. The molecule has 0 amide bonds. The molecule has 1 saturated heterocycles. The van der Waals surface area contributed by atoms with Crippen LogP contribution in [0.5, 0.6) is 0 Å². The van der Waals surface area contributed by atoms with E-state index in [-0.39, 0.29) is 5.82 Å². The molecule has 1 aliphatic rings. The zero-order chi connectivity index (χ0) is 14.5. The van der Waals surface area contributed by atoms with Crippen LogP contribution in [0.4, 0.5) is 4.39 Å². The summed E-state index contributed by atoms with van der Waals surface area (Å²) in [4.78, 5) is 0. The van der Waals surface area contributed by atoms with Gasteiger partial charge in [0.15, 0.2) is 0 Å². The molecule has 1 fully saturated rings. The molecule has 0 saturated carbocycles. The van der Waals surface area contributed by atoms with Crippen molar-refractivity contribution in [3.8, 4) is 0 Å². The molecular weight excluding hydrogens is 321 g/mol. The van der Waals surface area contributed by atoms with Crippen molar-refractivity contribution in [2.24, 2.45) is 5.92 Å². The van der Waals surface area contributed by atoms with Crippen LogP contribution in [0, 0.1) is 11.7 Å². The molecule has 2 rings (SSSR count). The number of halogens is 2. The Kier molecular flexibility index (Phi) is 6.00. The van der Waals surface area contributed by atoms with Crippen LogP contribution in [0.2, 0.25) is 0 Å². The molecule has 2 nitrogen and oxygen atoms in total. The molecule has 0 aliphatic carbocycles. The highest BCUT2D eigenvalue weighted by atomic mass is 79.9. The fourth-order valence-electron chi connectivity index (χ4n) is 2.79. The van der Waals surface area contributed by atoms with Crippen molar-refractivity contribution in [2.75, 3.05) is 13.2 Å². The Morgan fingerprint density at radius 3 is 2.90 bits per heavy atom. The zero-order valence-electron chi connectivity index (χ0n) is 12.2. The van der Waals surface area contributed by atoms with Gasteiger partial charge in [-0.2, -0.15) is 0 Å². The molecule has 1 aliphatic heterocycles. The van der Waals surface area contributed by atoms with E-state index in [0.29, 0.717) is 22.5 Å². The number of hydrogen-bond donors (Lipinski definition) is 1. The smallest absolute Gasteiger partial charge is 0.137 e. The van der Waals surface area contributed by atoms with E-state index < -0.39 is 0 Å². The second kappa shape index (κ2) is 7.53. The molecule has 112 valence electrons. The Labute approximate surface area is 129 Å². The molecule has 1 heterocycles. The molecule has 20 heavy (non-hydrogen) atoms. The van der Waals surface area contributed by atoms with Crippen molar-refractivity contribution < 1.29 is 9.13 Å². The third-order valence-electron chi connectivity index (χ3n) is 3.89. The average Bonchev–Trinajstić information content (AvgIpc) is 2.85. The lowest BCUT2D eigenvalue weighted by Gasteiger charge is -2.24. The van der Waals surface area contributed by atoms with Crippen molar-refractivity contribution in [3.63, 3.8) is 0 Å². The third-order valence-corrected chi connectivity index (χ3v) is 4.50. The van der Waals surface area contributed by atoms with Gasteiger partial charge in [0, 0.05) is 12.0 Å². The average molecular weight is 344 g/mol. The maximum atomic E-state index is 13.3. The van der Waals surface area contributed by atoms with E-state index in [1.54, 1.807) is 0 Å². The molecule has 1 N–H and O–H groups in total. The van der Waals surface area contributed by atoms with Gasteiger partial charge in [0.2, 0.25) is 0 Å². The molecule has 0 aromatic heterocycles. The van der Waals surface area contributed by atoms with Crippen LogP contribution in [-0.2, 0) is 11.2 Å². The Hall–Kier alpha value is -0.450. The monoisotopic (exact) mass is 343 g/mol. The van der Waals surface area contributed by atoms with Gasteiger partial charge in [-0.05, 0) is 66.4 Å². The largest absolute Gasteiger partial charge is 0.378 e. The normalized spacial score (nSPS) is 24.0. The Morgan fingerprint density at radius 1 is 1.50 bits per heavy atom. The van der Waals surface area contributed by atoms with Crippen molar-refractivity contribution in [2.45, 2.75) is 45.3 Å². The van der Waals surface area contributed by atoms with Gasteiger partial charge >= 0.3 is 0 Å². The summed E-state index contributed by atoms with van der Waals surface area (Å²) >= 11 is 3.26. The summed E-state index contributed by atoms with van der Waals surface area (Å²) in [5.74, 6) is 0.338. The minimum atomic E-state index is -0.204. The Morgan fingerprint density at radius 2 is 2.30 bits per heavy atom. The standard InChI is InChI=1S/C16H23BrFNO/c1-3-6-19-16(13-7-11(2)20-10-13)9-12-4-5-15(18)14(17)8-12/h4-5,8,11,13,16,19H,3,6-7,9-10H2,1-2H3. The molecular formula is C16H23BrFNO. The summed E-state index contributed by atoms with van der Waals surface area (Å²) in [6.45, 7) is 6.14. The quantitative estimate of drug-likeness (QED) is 0.845. The van der Waals surface area contributed by atoms with E-state index in [9.17, 15) is 4.39 Å². The first kappa shape index (κ1) is 15.9. The van der Waals surface area contributed by atoms with Crippen LogP contribution in [0.3, 0.4) is 0 Å². The van der Waals surface area contributed by atoms with E-state index >= 15 is 0 Å². The lowest BCUT2D eigenvalue weighted by Crippen LogP contribution is -2.39. The number of benzene rings is 1. The Balaban J connectivity index is 2.04. The molecule has 0 bridgehead atoms. The van der Waals surface area contributed by atoms with Crippen LogP contribution >= 0.6 is 15.9 Å². The minimum Gasteiger partial charge on any atom is -0.378 e. The van der Waals surface area contributed by atoms with Gasteiger partial charge in [0.25, 0.3) is 0 Å². The van der Waals surface area contributed by atoms with Gasteiger partial charge in [-0.3, -0.25) is 0 Å². The first-order chi connectivity index (χ1) is 9.60.